The lowest BCUT2D eigenvalue weighted by Crippen LogP contribution is -2.50. The normalized spacial score (nSPS) is 25.3. The first-order valence-corrected chi connectivity index (χ1v) is 9.27. The highest BCUT2D eigenvalue weighted by atomic mass is 16.5. The molecule has 2 aliphatic rings. The van der Waals surface area contributed by atoms with Crippen LogP contribution in [0.5, 0.6) is 11.5 Å². The summed E-state index contributed by atoms with van der Waals surface area (Å²) in [6.07, 6.45) is 3.85. The summed E-state index contributed by atoms with van der Waals surface area (Å²) in [5.74, 6) is 1.89. The van der Waals surface area contributed by atoms with Gasteiger partial charge in [-0.25, -0.2) is 0 Å². The van der Waals surface area contributed by atoms with Crippen LogP contribution >= 0.6 is 0 Å². The Bertz CT molecular complexity index is 808. The highest BCUT2D eigenvalue weighted by Crippen LogP contribution is 2.43. The van der Waals surface area contributed by atoms with Crippen LogP contribution in [0.3, 0.4) is 0 Å². The molecule has 26 heavy (non-hydrogen) atoms. The molecule has 1 fully saturated rings. The maximum Gasteiger partial charge on any atom is 0.161 e. The lowest BCUT2D eigenvalue weighted by Gasteiger charge is -2.46. The van der Waals surface area contributed by atoms with Crippen LogP contribution < -0.4 is 15.2 Å². The molecule has 1 saturated heterocycles. The second-order valence-corrected chi connectivity index (χ2v) is 7.43. The van der Waals surface area contributed by atoms with Gasteiger partial charge in [0.05, 0.1) is 14.2 Å². The monoisotopic (exact) mass is 353 g/mol. The highest BCUT2D eigenvalue weighted by molar-refractivity contribution is 5.49. The smallest absolute Gasteiger partial charge is 0.161 e. The molecule has 1 unspecified atom stereocenters. The average molecular weight is 353 g/mol. The molecule has 1 aromatic heterocycles. The first kappa shape index (κ1) is 17.3. The lowest BCUT2D eigenvalue weighted by atomic mass is 9.79. The number of methoxy groups -OCH3 is 2. The number of piperidine rings is 1. The molecular formula is C21H27N3O2. The van der Waals surface area contributed by atoms with Gasteiger partial charge in [0.15, 0.2) is 11.5 Å². The summed E-state index contributed by atoms with van der Waals surface area (Å²) in [6, 6.07) is 8.93. The van der Waals surface area contributed by atoms with E-state index in [1.807, 2.05) is 12.3 Å². The molecule has 3 atom stereocenters. The van der Waals surface area contributed by atoms with Crippen molar-refractivity contribution < 1.29 is 9.47 Å². The maximum absolute atomic E-state index is 6.63. The average Bonchev–Trinajstić information content (AvgIpc) is 2.66. The number of aryl methyl sites for hydroxylation is 1. The van der Waals surface area contributed by atoms with Gasteiger partial charge in [-0.05, 0) is 60.7 Å². The van der Waals surface area contributed by atoms with Gasteiger partial charge < -0.3 is 15.2 Å². The Morgan fingerprint density at radius 2 is 1.92 bits per heavy atom. The Balaban J connectivity index is 1.64. The number of nitrogens with zero attached hydrogens (tertiary/aromatic N) is 2. The van der Waals surface area contributed by atoms with Crippen molar-refractivity contribution in [3.63, 3.8) is 0 Å². The van der Waals surface area contributed by atoms with Gasteiger partial charge in [-0.1, -0.05) is 0 Å². The summed E-state index contributed by atoms with van der Waals surface area (Å²) >= 11 is 0. The Morgan fingerprint density at radius 1 is 1.15 bits per heavy atom. The molecule has 3 heterocycles. The van der Waals surface area contributed by atoms with E-state index in [2.05, 4.69) is 35.0 Å². The molecule has 5 heteroatoms. The zero-order valence-corrected chi connectivity index (χ0v) is 15.7. The predicted molar refractivity (Wildman–Crippen MR) is 102 cm³/mol. The minimum Gasteiger partial charge on any atom is -0.493 e. The molecule has 0 amide bonds. The molecule has 0 bridgehead atoms. The Morgan fingerprint density at radius 3 is 2.65 bits per heavy atom. The Labute approximate surface area is 155 Å². The molecule has 0 saturated carbocycles. The van der Waals surface area contributed by atoms with E-state index >= 15 is 0 Å². The van der Waals surface area contributed by atoms with Crippen LogP contribution in [0.4, 0.5) is 0 Å². The van der Waals surface area contributed by atoms with Gasteiger partial charge in [-0.2, -0.15) is 0 Å². The molecule has 0 aliphatic carbocycles. The van der Waals surface area contributed by atoms with Gasteiger partial charge in [0.2, 0.25) is 0 Å². The SMILES string of the molecule is COc1cc2c(cc1OC)C1C[C@@H](N)[C@@H](c3cc(C)ccn3)CN1CC2. The molecule has 2 aliphatic heterocycles. The van der Waals surface area contributed by atoms with E-state index in [4.69, 9.17) is 15.2 Å². The molecule has 0 radical (unpaired) electrons. The summed E-state index contributed by atoms with van der Waals surface area (Å²) in [4.78, 5) is 7.16. The van der Waals surface area contributed by atoms with Gasteiger partial charge in [-0.3, -0.25) is 9.88 Å². The molecule has 2 N–H and O–H groups in total. The topological polar surface area (TPSA) is 60.6 Å². The third-order valence-electron chi connectivity index (χ3n) is 5.87. The quantitative estimate of drug-likeness (QED) is 0.919. The van der Waals surface area contributed by atoms with Crippen LogP contribution in [0, 0.1) is 6.92 Å². The summed E-state index contributed by atoms with van der Waals surface area (Å²) in [7, 11) is 3.38. The molecule has 0 spiro atoms. The van der Waals surface area contributed by atoms with E-state index in [9.17, 15) is 0 Å². The van der Waals surface area contributed by atoms with E-state index < -0.39 is 0 Å². The van der Waals surface area contributed by atoms with E-state index in [1.165, 1.54) is 16.7 Å². The predicted octanol–water partition coefficient (Wildman–Crippen LogP) is 2.82. The molecule has 4 rings (SSSR count). The van der Waals surface area contributed by atoms with Gasteiger partial charge in [0.25, 0.3) is 0 Å². The van der Waals surface area contributed by atoms with E-state index in [1.54, 1.807) is 14.2 Å². The van der Waals surface area contributed by atoms with Crippen LogP contribution in [0.2, 0.25) is 0 Å². The number of hydrogen-bond acceptors (Lipinski definition) is 5. The largest absolute Gasteiger partial charge is 0.493 e. The van der Waals surface area contributed by atoms with Crippen molar-refractivity contribution in [2.75, 3.05) is 27.3 Å². The fourth-order valence-corrected chi connectivity index (χ4v) is 4.46. The van der Waals surface area contributed by atoms with E-state index in [0.29, 0.717) is 6.04 Å². The lowest BCUT2D eigenvalue weighted by molar-refractivity contribution is 0.108. The molecule has 138 valence electrons. The van der Waals surface area contributed by atoms with Crippen molar-refractivity contribution in [2.24, 2.45) is 5.73 Å². The summed E-state index contributed by atoms with van der Waals surface area (Å²) < 4.78 is 11.0. The second kappa shape index (κ2) is 6.89. The zero-order valence-electron chi connectivity index (χ0n) is 15.7. The number of aromatic nitrogens is 1. The highest BCUT2D eigenvalue weighted by Gasteiger charge is 2.39. The molecular weight excluding hydrogens is 326 g/mol. The van der Waals surface area contributed by atoms with Crippen molar-refractivity contribution >= 4 is 0 Å². The third kappa shape index (κ3) is 2.95. The van der Waals surface area contributed by atoms with Crippen molar-refractivity contribution in [2.45, 2.75) is 37.8 Å². The zero-order chi connectivity index (χ0) is 18.3. The van der Waals surface area contributed by atoms with Gasteiger partial charge in [0, 0.05) is 43.0 Å². The number of benzene rings is 1. The molecule has 1 aromatic carbocycles. The minimum absolute atomic E-state index is 0.101. The van der Waals surface area contributed by atoms with Gasteiger partial charge in [-0.15, -0.1) is 0 Å². The summed E-state index contributed by atoms with van der Waals surface area (Å²) in [5.41, 5.74) is 11.7. The number of nitrogens with two attached hydrogens (primary N) is 1. The fraction of sp³-hybridized carbons (Fsp3) is 0.476. The molecule has 5 nitrogen and oxygen atoms in total. The first-order chi connectivity index (χ1) is 12.6. The van der Waals surface area contributed by atoms with Crippen molar-refractivity contribution in [3.05, 3.63) is 52.8 Å². The number of ether oxygens (including phenoxy) is 2. The Hall–Kier alpha value is -2.11. The van der Waals surface area contributed by atoms with Crippen molar-refractivity contribution in [3.8, 4) is 11.5 Å². The number of fused-ring (bicyclic) bond motifs is 3. The molecule has 2 aromatic rings. The minimum atomic E-state index is 0.101. The number of pyridine rings is 1. The maximum atomic E-state index is 6.63. The Kier molecular flexibility index (Phi) is 4.59. The van der Waals surface area contributed by atoms with Crippen molar-refractivity contribution in [1.82, 2.24) is 9.88 Å². The first-order valence-electron chi connectivity index (χ1n) is 9.27. The van der Waals surface area contributed by atoms with Gasteiger partial charge >= 0.3 is 0 Å². The van der Waals surface area contributed by atoms with Crippen LogP contribution in [0.1, 0.15) is 40.8 Å². The second-order valence-electron chi connectivity index (χ2n) is 7.43. The third-order valence-corrected chi connectivity index (χ3v) is 5.87. The van der Waals surface area contributed by atoms with E-state index in [0.717, 1.165) is 43.1 Å². The van der Waals surface area contributed by atoms with E-state index in [-0.39, 0.29) is 12.0 Å². The number of rotatable bonds is 3. The van der Waals surface area contributed by atoms with Crippen LogP contribution in [-0.4, -0.2) is 43.2 Å². The fourth-order valence-electron chi connectivity index (χ4n) is 4.46. The standard InChI is InChI=1S/C21H27N3O2/c1-13-4-6-23-18(8-13)16-12-24-7-5-14-9-20(25-2)21(26-3)10-15(14)19(24)11-17(16)22/h4,6,8-10,16-17,19H,5,7,11-12,22H2,1-3H3/t16-,17+,19?/m0/s1. The van der Waals surface area contributed by atoms with Crippen LogP contribution in [-0.2, 0) is 6.42 Å². The number of hydrogen-bond donors (Lipinski definition) is 1. The van der Waals surface area contributed by atoms with Gasteiger partial charge in [0.1, 0.15) is 0 Å². The van der Waals surface area contributed by atoms with Crippen LogP contribution in [0.15, 0.2) is 30.5 Å². The summed E-state index contributed by atoms with van der Waals surface area (Å²) in [6.45, 7) is 4.11. The van der Waals surface area contributed by atoms with Crippen LogP contribution in [0.25, 0.3) is 0 Å². The van der Waals surface area contributed by atoms with Crippen molar-refractivity contribution in [1.29, 1.82) is 0 Å². The summed E-state index contributed by atoms with van der Waals surface area (Å²) in [5, 5.41) is 0.